The molecule has 2 aromatic rings. The molecule has 0 aromatic heterocycles. The van der Waals surface area contributed by atoms with Crippen molar-refractivity contribution < 1.29 is 6.15 Å². The third-order valence-electron chi connectivity index (χ3n) is 2.63. The van der Waals surface area contributed by atoms with Crippen LogP contribution in [0.25, 0.3) is 0 Å². The number of hydrogen-bond donors (Lipinski definition) is 0. The van der Waals surface area contributed by atoms with Gasteiger partial charge in [-0.3, -0.25) is 0 Å². The number of rotatable bonds is 4. The van der Waals surface area contributed by atoms with Crippen molar-refractivity contribution >= 4 is 19.2 Å². The van der Waals surface area contributed by atoms with Crippen LogP contribution in [0, 0.1) is 0 Å². The summed E-state index contributed by atoms with van der Waals surface area (Å²) in [6.07, 6.45) is 0. The first-order valence-corrected chi connectivity index (χ1v) is 14.6. The molecule has 21 heavy (non-hydrogen) atoms. The van der Waals surface area contributed by atoms with Gasteiger partial charge in [0.05, 0.1) is 0 Å². The molecule has 0 saturated heterocycles. The van der Waals surface area contributed by atoms with Crippen LogP contribution in [0.1, 0.15) is 0 Å². The standard InChI is InChI=1S/2C7H6O2.2CH3.Sn/c2*8-6-4-2-1-3-5-7(6)9;;;/h2*1-5H,(H,8,9);2*1H3;/q;;;;+2/p-2. The van der Waals surface area contributed by atoms with Gasteiger partial charge < -0.3 is 0 Å². The second-order valence-electron chi connectivity index (χ2n) is 4.88. The van der Waals surface area contributed by atoms with Gasteiger partial charge in [0.2, 0.25) is 0 Å². The van der Waals surface area contributed by atoms with Crippen molar-refractivity contribution in [2.75, 3.05) is 0 Å². The van der Waals surface area contributed by atoms with E-state index in [-0.39, 0.29) is 22.4 Å². The molecule has 0 heterocycles. The Balaban J connectivity index is 2.28. The fraction of sp³-hybridized carbons (Fsp3) is 0.125. The molecular formula is C16H16O4Sn. The maximum absolute atomic E-state index is 11.9. The summed E-state index contributed by atoms with van der Waals surface area (Å²) in [6, 6.07) is 16.4. The molecule has 5 heteroatoms. The van der Waals surface area contributed by atoms with Crippen molar-refractivity contribution in [1.82, 2.24) is 0 Å². The predicted molar refractivity (Wildman–Crippen MR) is 84.2 cm³/mol. The molecule has 0 saturated carbocycles. The first-order valence-electron chi connectivity index (χ1n) is 6.55. The zero-order valence-corrected chi connectivity index (χ0v) is 14.8. The van der Waals surface area contributed by atoms with Crippen molar-refractivity contribution in [3.05, 3.63) is 81.1 Å². The van der Waals surface area contributed by atoms with Gasteiger partial charge in [-0.15, -0.1) is 0 Å². The molecule has 0 aliphatic heterocycles. The maximum atomic E-state index is 11.9. The molecule has 2 aromatic carbocycles. The zero-order valence-electron chi connectivity index (χ0n) is 11.9. The van der Waals surface area contributed by atoms with Gasteiger partial charge >= 0.3 is 128 Å². The topological polar surface area (TPSA) is 52.6 Å². The average Bonchev–Trinajstić information content (AvgIpc) is 2.72. The molecule has 0 N–H and O–H groups in total. The van der Waals surface area contributed by atoms with Crippen LogP contribution >= 0.6 is 0 Å². The van der Waals surface area contributed by atoms with E-state index < -0.39 is 19.2 Å². The van der Waals surface area contributed by atoms with E-state index in [9.17, 15) is 9.59 Å². The van der Waals surface area contributed by atoms with E-state index >= 15 is 0 Å². The van der Waals surface area contributed by atoms with Crippen LogP contribution in [0.15, 0.2) is 70.3 Å². The van der Waals surface area contributed by atoms with E-state index in [1.807, 2.05) is 9.88 Å². The molecule has 0 unspecified atom stereocenters. The van der Waals surface area contributed by atoms with E-state index in [0.29, 0.717) is 0 Å². The van der Waals surface area contributed by atoms with Crippen LogP contribution in [0.4, 0.5) is 0 Å². The second-order valence-corrected chi connectivity index (χ2v) is 14.0. The molecular weight excluding hydrogens is 375 g/mol. The zero-order chi connectivity index (χ0) is 15.3. The Morgan fingerprint density at radius 3 is 1.48 bits per heavy atom. The summed E-state index contributed by atoms with van der Waals surface area (Å²) in [5, 5.41) is 0. The van der Waals surface area contributed by atoms with Gasteiger partial charge in [-0.25, -0.2) is 0 Å². The normalized spacial score (nSPS) is 10.8. The third kappa shape index (κ3) is 4.60. The fourth-order valence-electron chi connectivity index (χ4n) is 1.75. The van der Waals surface area contributed by atoms with Crippen molar-refractivity contribution in [2.24, 2.45) is 0 Å². The summed E-state index contributed by atoms with van der Waals surface area (Å²) in [6.45, 7) is 0. The Morgan fingerprint density at radius 1 is 0.667 bits per heavy atom. The molecule has 0 aliphatic rings. The summed E-state index contributed by atoms with van der Waals surface area (Å²) in [7, 11) is 0. The van der Waals surface area contributed by atoms with Gasteiger partial charge in [0.15, 0.2) is 0 Å². The summed E-state index contributed by atoms with van der Waals surface area (Å²) in [5.74, 6) is 0.516. The Hall–Kier alpha value is -1.82. The Morgan fingerprint density at radius 2 is 1.05 bits per heavy atom. The van der Waals surface area contributed by atoms with Crippen LogP contribution in [-0.2, 0) is 0 Å². The van der Waals surface area contributed by atoms with Crippen LogP contribution in [0.5, 0.6) is 11.5 Å². The van der Waals surface area contributed by atoms with E-state index in [4.69, 9.17) is 6.15 Å². The predicted octanol–water partition coefficient (Wildman–Crippen LogP) is 2.57. The monoisotopic (exact) mass is 392 g/mol. The van der Waals surface area contributed by atoms with Gasteiger partial charge in [-0.1, -0.05) is 0 Å². The first kappa shape index (κ1) is 15.6. The van der Waals surface area contributed by atoms with Gasteiger partial charge in [0.1, 0.15) is 0 Å². The van der Waals surface area contributed by atoms with Gasteiger partial charge in [-0.05, 0) is 0 Å². The Labute approximate surface area is 128 Å². The van der Waals surface area contributed by atoms with Gasteiger partial charge in [0, 0.05) is 0 Å². The minimum atomic E-state index is -3.52. The van der Waals surface area contributed by atoms with Gasteiger partial charge in [-0.2, -0.15) is 0 Å². The van der Waals surface area contributed by atoms with Gasteiger partial charge in [0.25, 0.3) is 0 Å². The molecule has 4 nitrogen and oxygen atoms in total. The second kappa shape index (κ2) is 6.76. The summed E-state index contributed by atoms with van der Waals surface area (Å²) < 4.78 is 11.6. The van der Waals surface area contributed by atoms with Crippen molar-refractivity contribution in [3.8, 4) is 11.5 Å². The minimum absolute atomic E-state index is 0.200. The summed E-state index contributed by atoms with van der Waals surface area (Å²) >= 11 is -3.52. The average molecular weight is 391 g/mol. The molecule has 108 valence electrons. The molecule has 0 fully saturated rings. The van der Waals surface area contributed by atoms with Crippen molar-refractivity contribution in [1.29, 1.82) is 0 Å². The van der Waals surface area contributed by atoms with E-state index in [0.717, 1.165) is 0 Å². The molecule has 0 spiro atoms. The fourth-order valence-corrected chi connectivity index (χ4v) is 5.85. The molecule has 0 atom stereocenters. The summed E-state index contributed by atoms with van der Waals surface area (Å²) in [4.78, 5) is 27.4. The Kier molecular flexibility index (Phi) is 5.01. The van der Waals surface area contributed by atoms with E-state index in [1.165, 1.54) is 12.1 Å². The first-order chi connectivity index (χ1) is 9.98. The van der Waals surface area contributed by atoms with Crippen molar-refractivity contribution in [3.63, 3.8) is 0 Å². The third-order valence-corrected chi connectivity index (χ3v) is 6.69. The van der Waals surface area contributed by atoms with E-state index in [1.54, 1.807) is 48.5 Å². The van der Waals surface area contributed by atoms with Crippen molar-refractivity contribution in [2.45, 2.75) is 9.88 Å². The molecule has 0 bridgehead atoms. The molecule has 0 radical (unpaired) electrons. The van der Waals surface area contributed by atoms with E-state index in [2.05, 4.69) is 0 Å². The molecule has 0 amide bonds. The summed E-state index contributed by atoms with van der Waals surface area (Å²) in [5.41, 5.74) is -0.399. The number of hydrogen-bond acceptors (Lipinski definition) is 4. The Bertz CT molecular complexity index is 681. The SMILES string of the molecule is [CH3][Sn]([CH3])([O]c1cccccc1=O)[O]c1cccccc1=O. The van der Waals surface area contributed by atoms with Crippen LogP contribution in [-0.4, -0.2) is 19.2 Å². The molecule has 0 aliphatic carbocycles. The van der Waals surface area contributed by atoms with Crippen LogP contribution in [0.3, 0.4) is 0 Å². The van der Waals surface area contributed by atoms with Crippen LogP contribution < -0.4 is 17.0 Å². The van der Waals surface area contributed by atoms with Crippen LogP contribution in [0.2, 0.25) is 9.88 Å². The molecule has 2 rings (SSSR count). The quantitative estimate of drug-likeness (QED) is 0.753.